The number of carboxylic acids is 1. The fourth-order valence-corrected chi connectivity index (χ4v) is 1.94. The predicted molar refractivity (Wildman–Crippen MR) is 69.9 cm³/mol. The molecule has 19 heavy (non-hydrogen) atoms. The first-order chi connectivity index (χ1) is 8.91. The smallest absolute Gasteiger partial charge is 0.356 e. The molecule has 2 rings (SSSR count). The summed E-state index contributed by atoms with van der Waals surface area (Å²) in [4.78, 5) is 12.7. The number of aromatic carboxylic acids is 1. The van der Waals surface area contributed by atoms with Gasteiger partial charge in [-0.05, 0) is 18.2 Å². The van der Waals surface area contributed by atoms with Crippen LogP contribution < -0.4 is 4.90 Å². The van der Waals surface area contributed by atoms with Gasteiger partial charge in [-0.1, -0.05) is 6.07 Å². The van der Waals surface area contributed by atoms with Crippen LogP contribution in [0, 0.1) is 5.82 Å². The summed E-state index contributed by atoms with van der Waals surface area (Å²) >= 11 is 0. The predicted octanol–water partition coefficient (Wildman–Crippen LogP) is 1.99. The molecule has 1 aromatic heterocycles. The SMILES string of the molecule is CN(C)c1cccc(F)c1-c1cc(C(=O)O)nn1C. The molecule has 0 spiro atoms. The van der Waals surface area contributed by atoms with Gasteiger partial charge in [0.1, 0.15) is 5.82 Å². The number of aryl methyl sites for hydroxylation is 1. The first-order valence-corrected chi connectivity index (χ1v) is 5.65. The van der Waals surface area contributed by atoms with E-state index < -0.39 is 11.8 Å². The van der Waals surface area contributed by atoms with Crippen molar-refractivity contribution in [3.05, 3.63) is 35.8 Å². The Bertz CT molecular complexity index is 635. The lowest BCUT2D eigenvalue weighted by Gasteiger charge is -2.17. The number of halogens is 1. The molecule has 0 aliphatic heterocycles. The number of carboxylic acid groups (broad SMARTS) is 1. The molecule has 0 amide bonds. The minimum Gasteiger partial charge on any atom is -0.476 e. The van der Waals surface area contributed by atoms with Gasteiger partial charge in [0, 0.05) is 26.8 Å². The van der Waals surface area contributed by atoms with Gasteiger partial charge in [0.15, 0.2) is 5.69 Å². The van der Waals surface area contributed by atoms with Gasteiger partial charge in [-0.3, -0.25) is 4.68 Å². The van der Waals surface area contributed by atoms with Gasteiger partial charge < -0.3 is 10.0 Å². The van der Waals surface area contributed by atoms with Crippen LogP contribution in [0.3, 0.4) is 0 Å². The van der Waals surface area contributed by atoms with Gasteiger partial charge >= 0.3 is 5.97 Å². The van der Waals surface area contributed by atoms with E-state index in [1.165, 1.54) is 16.8 Å². The van der Waals surface area contributed by atoms with Crippen molar-refractivity contribution in [1.82, 2.24) is 9.78 Å². The summed E-state index contributed by atoms with van der Waals surface area (Å²) in [6.07, 6.45) is 0. The second kappa shape index (κ2) is 4.72. The van der Waals surface area contributed by atoms with Crippen molar-refractivity contribution in [3.63, 3.8) is 0 Å². The number of hydrogen-bond donors (Lipinski definition) is 1. The van der Waals surface area contributed by atoms with Crippen molar-refractivity contribution in [2.24, 2.45) is 7.05 Å². The van der Waals surface area contributed by atoms with Gasteiger partial charge in [0.2, 0.25) is 0 Å². The van der Waals surface area contributed by atoms with E-state index in [0.717, 1.165) is 0 Å². The van der Waals surface area contributed by atoms with Crippen LogP contribution >= 0.6 is 0 Å². The van der Waals surface area contributed by atoms with E-state index in [1.54, 1.807) is 38.2 Å². The molecule has 1 N–H and O–H groups in total. The summed E-state index contributed by atoms with van der Waals surface area (Å²) in [5, 5.41) is 12.8. The van der Waals surface area contributed by atoms with Gasteiger partial charge in [0.05, 0.1) is 11.3 Å². The van der Waals surface area contributed by atoms with Crippen LogP contribution in [0.5, 0.6) is 0 Å². The zero-order chi connectivity index (χ0) is 14.2. The maximum absolute atomic E-state index is 14.1. The molecule has 0 saturated carbocycles. The van der Waals surface area contributed by atoms with Gasteiger partial charge in [0.25, 0.3) is 0 Å². The van der Waals surface area contributed by atoms with Crippen molar-refractivity contribution in [3.8, 4) is 11.3 Å². The molecule has 2 aromatic rings. The normalized spacial score (nSPS) is 10.5. The monoisotopic (exact) mass is 263 g/mol. The Morgan fingerprint density at radius 3 is 2.63 bits per heavy atom. The van der Waals surface area contributed by atoms with Crippen LogP contribution in [0.15, 0.2) is 24.3 Å². The van der Waals surface area contributed by atoms with Crippen molar-refractivity contribution >= 4 is 11.7 Å². The van der Waals surface area contributed by atoms with Crippen molar-refractivity contribution in [2.75, 3.05) is 19.0 Å². The largest absolute Gasteiger partial charge is 0.476 e. The molecule has 0 saturated heterocycles. The summed E-state index contributed by atoms with van der Waals surface area (Å²) in [5.74, 6) is -1.55. The molecule has 0 radical (unpaired) electrons. The second-order valence-corrected chi connectivity index (χ2v) is 4.37. The summed E-state index contributed by atoms with van der Waals surface area (Å²) in [5.41, 5.74) is 1.33. The average Bonchev–Trinajstić information content (AvgIpc) is 2.71. The Balaban J connectivity index is 2.68. The highest BCUT2D eigenvalue weighted by atomic mass is 19.1. The third kappa shape index (κ3) is 2.29. The van der Waals surface area contributed by atoms with Crippen LogP contribution in [-0.2, 0) is 7.05 Å². The van der Waals surface area contributed by atoms with Crippen LogP contribution in [0.25, 0.3) is 11.3 Å². The number of hydrogen-bond acceptors (Lipinski definition) is 3. The number of aromatic nitrogens is 2. The minimum absolute atomic E-state index is 0.106. The lowest BCUT2D eigenvalue weighted by molar-refractivity contribution is 0.0689. The molecule has 6 heteroatoms. The zero-order valence-corrected chi connectivity index (χ0v) is 10.9. The number of benzene rings is 1. The van der Waals surface area contributed by atoms with E-state index >= 15 is 0 Å². The quantitative estimate of drug-likeness (QED) is 0.920. The van der Waals surface area contributed by atoms with Crippen LogP contribution in [0.1, 0.15) is 10.5 Å². The molecule has 0 aliphatic rings. The van der Waals surface area contributed by atoms with E-state index in [0.29, 0.717) is 16.9 Å². The van der Waals surface area contributed by atoms with Crippen LogP contribution in [0.2, 0.25) is 0 Å². The molecule has 1 heterocycles. The number of nitrogens with zero attached hydrogens (tertiary/aromatic N) is 3. The highest BCUT2D eigenvalue weighted by Gasteiger charge is 2.19. The number of rotatable bonds is 3. The van der Waals surface area contributed by atoms with Crippen LogP contribution in [0.4, 0.5) is 10.1 Å². The maximum Gasteiger partial charge on any atom is 0.356 e. The lowest BCUT2D eigenvalue weighted by atomic mass is 10.1. The molecule has 0 unspecified atom stereocenters. The van der Waals surface area contributed by atoms with Crippen molar-refractivity contribution in [2.45, 2.75) is 0 Å². The van der Waals surface area contributed by atoms with Crippen molar-refractivity contribution in [1.29, 1.82) is 0 Å². The molecule has 0 fully saturated rings. The molecular weight excluding hydrogens is 249 g/mol. The van der Waals surface area contributed by atoms with E-state index in [9.17, 15) is 9.18 Å². The average molecular weight is 263 g/mol. The molecule has 0 aliphatic carbocycles. The minimum atomic E-state index is -1.13. The van der Waals surface area contributed by atoms with E-state index in [2.05, 4.69) is 5.10 Å². The Kier molecular flexibility index (Phi) is 3.25. The molecule has 0 atom stereocenters. The summed E-state index contributed by atoms with van der Waals surface area (Å²) in [6.45, 7) is 0. The highest BCUT2D eigenvalue weighted by Crippen LogP contribution is 2.32. The van der Waals surface area contributed by atoms with Gasteiger partial charge in [-0.15, -0.1) is 0 Å². The molecule has 1 aromatic carbocycles. The van der Waals surface area contributed by atoms with E-state index in [1.807, 2.05) is 0 Å². The zero-order valence-electron chi connectivity index (χ0n) is 10.9. The molecule has 100 valence electrons. The van der Waals surface area contributed by atoms with Gasteiger partial charge in [-0.25, -0.2) is 9.18 Å². The summed E-state index contributed by atoms with van der Waals surface area (Å²) in [7, 11) is 5.19. The fourth-order valence-electron chi connectivity index (χ4n) is 1.94. The highest BCUT2D eigenvalue weighted by molar-refractivity contribution is 5.88. The first-order valence-electron chi connectivity index (χ1n) is 5.65. The van der Waals surface area contributed by atoms with E-state index in [-0.39, 0.29) is 5.69 Å². The van der Waals surface area contributed by atoms with Crippen molar-refractivity contribution < 1.29 is 14.3 Å². The third-order valence-electron chi connectivity index (χ3n) is 2.83. The second-order valence-electron chi connectivity index (χ2n) is 4.37. The molecule has 0 bridgehead atoms. The molecular formula is C13H14FN3O2. The summed E-state index contributed by atoms with van der Waals surface area (Å²) in [6, 6.07) is 6.10. The number of anilines is 1. The maximum atomic E-state index is 14.1. The first kappa shape index (κ1) is 13.1. The molecule has 5 nitrogen and oxygen atoms in total. The van der Waals surface area contributed by atoms with Crippen LogP contribution in [-0.4, -0.2) is 35.0 Å². The topological polar surface area (TPSA) is 58.4 Å². The Labute approximate surface area is 109 Å². The Morgan fingerprint density at radius 1 is 1.42 bits per heavy atom. The van der Waals surface area contributed by atoms with E-state index in [4.69, 9.17) is 5.11 Å². The number of carbonyl (C=O) groups is 1. The Morgan fingerprint density at radius 2 is 2.11 bits per heavy atom. The fraction of sp³-hybridized carbons (Fsp3) is 0.231. The van der Waals surface area contributed by atoms with Gasteiger partial charge in [-0.2, -0.15) is 5.10 Å². The standard InChI is InChI=1S/C13H14FN3O2/c1-16(2)10-6-4-5-8(14)12(10)11-7-9(13(18)19)15-17(11)3/h4-7H,1-3H3,(H,18,19). The third-order valence-corrected chi connectivity index (χ3v) is 2.83. The lowest BCUT2D eigenvalue weighted by Crippen LogP contribution is -2.11. The Hall–Kier alpha value is -2.37. The summed E-state index contributed by atoms with van der Waals surface area (Å²) < 4.78 is 15.4.